The maximum atomic E-state index is 10.5. The van der Waals surface area contributed by atoms with Crippen LogP contribution in [0, 0.1) is 11.8 Å². The largest absolute Gasteiger partial charge is 0.481 e. The molecule has 3 N–H and O–H groups in total. The fraction of sp³-hybridized carbons (Fsp3) is 0.857. The van der Waals surface area contributed by atoms with Crippen LogP contribution in [-0.2, 0) is 4.79 Å². The Morgan fingerprint density at radius 1 is 1.08 bits per heavy atom. The average Bonchev–Trinajstić information content (AvgIpc) is 2.93. The molecule has 0 aromatic rings. The van der Waals surface area contributed by atoms with Crippen molar-refractivity contribution in [2.75, 3.05) is 0 Å². The van der Waals surface area contributed by atoms with Crippen molar-refractivity contribution < 1.29 is 20.1 Å². The quantitative estimate of drug-likeness (QED) is 0.312. The number of unbranched alkanes of at least 4 members (excludes halogenated alkanes) is 6. The first kappa shape index (κ1) is 22.2. The summed E-state index contributed by atoms with van der Waals surface area (Å²) in [4.78, 5) is 10.5. The molecule has 1 fully saturated rings. The van der Waals surface area contributed by atoms with Gasteiger partial charge in [0, 0.05) is 6.42 Å². The monoisotopic (exact) mass is 354 g/mol. The fourth-order valence-electron chi connectivity index (χ4n) is 3.88. The zero-order chi connectivity index (χ0) is 18.5. The van der Waals surface area contributed by atoms with Crippen LogP contribution in [0.15, 0.2) is 12.2 Å². The Morgan fingerprint density at radius 2 is 1.80 bits per heavy atom. The van der Waals surface area contributed by atoms with Crippen molar-refractivity contribution in [1.82, 2.24) is 0 Å². The second-order valence-electron chi connectivity index (χ2n) is 7.62. The summed E-state index contributed by atoms with van der Waals surface area (Å²) >= 11 is 0. The van der Waals surface area contributed by atoms with Gasteiger partial charge in [0.05, 0.1) is 12.2 Å². The first-order valence-electron chi connectivity index (χ1n) is 10.3. The van der Waals surface area contributed by atoms with Gasteiger partial charge >= 0.3 is 5.97 Å². The highest BCUT2D eigenvalue weighted by atomic mass is 16.4. The Hall–Kier alpha value is -0.870. The Balaban J connectivity index is 2.25. The number of hydrogen-bond donors (Lipinski definition) is 3. The van der Waals surface area contributed by atoms with E-state index in [9.17, 15) is 15.0 Å². The Labute approximate surface area is 153 Å². The van der Waals surface area contributed by atoms with E-state index >= 15 is 0 Å². The first-order chi connectivity index (χ1) is 12.0. The third-order valence-electron chi connectivity index (χ3n) is 5.45. The lowest BCUT2D eigenvalue weighted by Gasteiger charge is -2.20. The number of carbonyl (C=O) groups is 1. The summed E-state index contributed by atoms with van der Waals surface area (Å²) in [7, 11) is 0. The normalized spacial score (nSPS) is 24.8. The van der Waals surface area contributed by atoms with Crippen LogP contribution in [0.25, 0.3) is 0 Å². The molecule has 0 spiro atoms. The Bertz CT molecular complexity index is 380. The molecule has 0 aromatic heterocycles. The average molecular weight is 355 g/mol. The van der Waals surface area contributed by atoms with Crippen LogP contribution in [0.3, 0.4) is 0 Å². The molecule has 1 rings (SSSR count). The third-order valence-corrected chi connectivity index (χ3v) is 5.45. The number of carboxylic acids is 1. The second kappa shape index (κ2) is 13.3. The van der Waals surface area contributed by atoms with Crippen molar-refractivity contribution in [1.29, 1.82) is 0 Å². The smallest absolute Gasteiger partial charge is 0.303 e. The predicted molar refractivity (Wildman–Crippen MR) is 101 cm³/mol. The summed E-state index contributed by atoms with van der Waals surface area (Å²) in [5.41, 5.74) is 0. The van der Waals surface area contributed by atoms with E-state index < -0.39 is 5.97 Å². The van der Waals surface area contributed by atoms with E-state index in [4.69, 9.17) is 5.11 Å². The van der Waals surface area contributed by atoms with Crippen LogP contribution in [-0.4, -0.2) is 33.5 Å². The van der Waals surface area contributed by atoms with Gasteiger partial charge in [-0.15, -0.1) is 0 Å². The fourth-order valence-corrected chi connectivity index (χ4v) is 3.88. The Kier molecular flexibility index (Phi) is 11.8. The van der Waals surface area contributed by atoms with Crippen LogP contribution in [0.5, 0.6) is 0 Å². The van der Waals surface area contributed by atoms with Crippen LogP contribution in [0.1, 0.15) is 90.4 Å². The zero-order valence-corrected chi connectivity index (χ0v) is 15.9. The number of aliphatic hydroxyl groups is 2. The number of rotatable bonds is 14. The van der Waals surface area contributed by atoms with Gasteiger partial charge in [0.25, 0.3) is 0 Å². The molecule has 0 saturated heterocycles. The molecule has 1 saturated carbocycles. The topological polar surface area (TPSA) is 77.8 Å². The highest BCUT2D eigenvalue weighted by Crippen LogP contribution is 2.36. The minimum absolute atomic E-state index is 0.227. The molecule has 146 valence electrons. The van der Waals surface area contributed by atoms with Crippen molar-refractivity contribution in [3.8, 4) is 0 Å². The molecule has 0 amide bonds. The maximum Gasteiger partial charge on any atom is 0.303 e. The van der Waals surface area contributed by atoms with Crippen LogP contribution >= 0.6 is 0 Å². The molecule has 0 aliphatic heterocycles. The molecule has 4 nitrogen and oxygen atoms in total. The minimum atomic E-state index is -0.718. The van der Waals surface area contributed by atoms with E-state index in [-0.39, 0.29) is 18.6 Å². The minimum Gasteiger partial charge on any atom is -0.481 e. The van der Waals surface area contributed by atoms with Crippen molar-refractivity contribution in [3.63, 3.8) is 0 Å². The molecule has 0 heterocycles. The standard InChI is InChI=1S/C21H38O4/c1-2-3-4-7-10-18(22)15-13-17-14-16-20(23)19(17)11-8-5-6-9-12-21(24)25/h13,15,17-20,22-23H,2-12,14,16H2,1H3,(H,24,25)/t17-,18?,19+,20-/m0/s1. The maximum absolute atomic E-state index is 10.5. The van der Waals surface area contributed by atoms with Gasteiger partial charge in [-0.05, 0) is 43.9 Å². The van der Waals surface area contributed by atoms with Crippen molar-refractivity contribution in [2.45, 2.75) is 103 Å². The van der Waals surface area contributed by atoms with E-state index in [0.29, 0.717) is 11.8 Å². The predicted octanol–water partition coefficient (Wildman–Crippen LogP) is 4.69. The molecule has 0 aromatic carbocycles. The lowest BCUT2D eigenvalue weighted by atomic mass is 9.88. The summed E-state index contributed by atoms with van der Waals surface area (Å²) in [5.74, 6) is -0.0491. The number of allylic oxidation sites excluding steroid dienone is 1. The van der Waals surface area contributed by atoms with E-state index in [1.54, 1.807) is 0 Å². The van der Waals surface area contributed by atoms with Gasteiger partial charge in [0.1, 0.15) is 0 Å². The van der Waals surface area contributed by atoms with Gasteiger partial charge in [-0.1, -0.05) is 64.0 Å². The molecular weight excluding hydrogens is 316 g/mol. The van der Waals surface area contributed by atoms with E-state index in [1.165, 1.54) is 19.3 Å². The van der Waals surface area contributed by atoms with Crippen molar-refractivity contribution >= 4 is 5.97 Å². The first-order valence-corrected chi connectivity index (χ1v) is 10.3. The van der Waals surface area contributed by atoms with Gasteiger partial charge in [0.2, 0.25) is 0 Å². The number of hydrogen-bond acceptors (Lipinski definition) is 3. The van der Waals surface area contributed by atoms with Gasteiger partial charge in [-0.25, -0.2) is 0 Å². The number of aliphatic hydroxyl groups excluding tert-OH is 2. The number of aliphatic carboxylic acids is 1. The van der Waals surface area contributed by atoms with E-state index in [2.05, 4.69) is 13.0 Å². The summed E-state index contributed by atoms with van der Waals surface area (Å²) < 4.78 is 0. The third kappa shape index (κ3) is 10.0. The van der Waals surface area contributed by atoms with Crippen LogP contribution in [0.4, 0.5) is 0 Å². The molecule has 0 bridgehead atoms. The highest BCUT2D eigenvalue weighted by molar-refractivity contribution is 5.66. The zero-order valence-electron chi connectivity index (χ0n) is 15.9. The molecule has 4 atom stereocenters. The molecule has 1 aliphatic carbocycles. The molecule has 25 heavy (non-hydrogen) atoms. The molecule has 1 unspecified atom stereocenters. The van der Waals surface area contributed by atoms with Gasteiger partial charge in [-0.3, -0.25) is 4.79 Å². The van der Waals surface area contributed by atoms with Crippen LogP contribution < -0.4 is 0 Å². The van der Waals surface area contributed by atoms with Gasteiger partial charge in [0.15, 0.2) is 0 Å². The molecule has 4 heteroatoms. The second-order valence-corrected chi connectivity index (χ2v) is 7.62. The van der Waals surface area contributed by atoms with E-state index in [0.717, 1.165) is 57.8 Å². The Morgan fingerprint density at radius 3 is 2.52 bits per heavy atom. The highest BCUT2D eigenvalue weighted by Gasteiger charge is 2.32. The summed E-state index contributed by atoms with van der Waals surface area (Å²) in [5, 5.41) is 28.9. The van der Waals surface area contributed by atoms with Crippen molar-refractivity contribution in [3.05, 3.63) is 12.2 Å². The van der Waals surface area contributed by atoms with Crippen LogP contribution in [0.2, 0.25) is 0 Å². The van der Waals surface area contributed by atoms with Gasteiger partial charge < -0.3 is 15.3 Å². The van der Waals surface area contributed by atoms with E-state index in [1.807, 2.05) is 6.08 Å². The van der Waals surface area contributed by atoms with Crippen molar-refractivity contribution in [2.24, 2.45) is 11.8 Å². The lowest BCUT2D eigenvalue weighted by molar-refractivity contribution is -0.137. The summed E-state index contributed by atoms with van der Waals surface area (Å²) in [6.07, 6.45) is 15.9. The SMILES string of the molecule is CCCCCCC(O)C=C[C@H]1CC[C@H](O)[C@@H]1CCCCCCC(=O)O. The van der Waals surface area contributed by atoms with Gasteiger partial charge in [-0.2, -0.15) is 0 Å². The molecular formula is C21H38O4. The molecule has 1 aliphatic rings. The lowest BCUT2D eigenvalue weighted by Crippen LogP contribution is -2.18. The summed E-state index contributed by atoms with van der Waals surface area (Å²) in [6.45, 7) is 2.19. The molecule has 0 radical (unpaired) electrons. The summed E-state index contributed by atoms with van der Waals surface area (Å²) in [6, 6.07) is 0. The number of carboxylic acid groups (broad SMARTS) is 1.